The first kappa shape index (κ1) is 34.6. The second-order valence-electron chi connectivity index (χ2n) is 15.2. The molecule has 0 aliphatic heterocycles. The molecule has 2 heterocycles. The first-order chi connectivity index (χ1) is 26.0. The molecule has 0 N–H and O–H groups in total. The summed E-state index contributed by atoms with van der Waals surface area (Å²) in [5, 5.41) is 5.15. The van der Waals surface area contributed by atoms with Crippen molar-refractivity contribution in [2.45, 2.75) is 83.5 Å². The van der Waals surface area contributed by atoms with E-state index in [0.717, 1.165) is 8.95 Å². The van der Waals surface area contributed by atoms with Crippen molar-refractivity contribution in [1.82, 2.24) is 9.13 Å². The Kier molecular flexibility index (Phi) is 9.32. The minimum absolute atomic E-state index is 0.0538. The van der Waals surface area contributed by atoms with Gasteiger partial charge in [0.05, 0.1) is 22.1 Å². The highest BCUT2D eigenvalue weighted by Gasteiger charge is 2.43. The van der Waals surface area contributed by atoms with Crippen molar-refractivity contribution in [3.05, 3.63) is 141 Å². The zero-order valence-electron chi connectivity index (χ0n) is 30.8. The molecule has 0 fully saturated rings. The minimum atomic E-state index is -0.0538. The molecule has 53 heavy (non-hydrogen) atoms. The summed E-state index contributed by atoms with van der Waals surface area (Å²) in [6.07, 6.45) is 12.5. The van der Waals surface area contributed by atoms with Gasteiger partial charge >= 0.3 is 0 Å². The molecule has 0 bridgehead atoms. The molecule has 0 spiro atoms. The molecule has 266 valence electrons. The van der Waals surface area contributed by atoms with Gasteiger partial charge in [0.1, 0.15) is 0 Å². The lowest BCUT2D eigenvalue weighted by molar-refractivity contribution is 0.401. The Hall–Kier alpha value is -4.12. The summed E-state index contributed by atoms with van der Waals surface area (Å²) >= 11 is 7.52. The molecule has 2 nitrogen and oxygen atoms in total. The Bertz CT molecular complexity index is 2460. The van der Waals surface area contributed by atoms with E-state index in [-0.39, 0.29) is 5.41 Å². The summed E-state index contributed by atoms with van der Waals surface area (Å²) in [5.74, 6) is 0. The van der Waals surface area contributed by atoms with Crippen molar-refractivity contribution in [1.29, 1.82) is 0 Å². The summed E-state index contributed by atoms with van der Waals surface area (Å²) in [6.45, 7) is 4.65. The third-order valence-corrected chi connectivity index (χ3v) is 13.0. The summed E-state index contributed by atoms with van der Waals surface area (Å²) in [4.78, 5) is 0. The van der Waals surface area contributed by atoms with E-state index in [2.05, 4.69) is 176 Å². The lowest BCUT2D eigenvalue weighted by atomic mass is 9.70. The normalized spacial score (nSPS) is 13.4. The molecule has 1 aliphatic carbocycles. The summed E-state index contributed by atoms with van der Waals surface area (Å²) in [7, 11) is 0. The van der Waals surface area contributed by atoms with Gasteiger partial charge in [0, 0.05) is 47.3 Å². The van der Waals surface area contributed by atoms with Crippen LogP contribution in [0.4, 0.5) is 0 Å². The predicted molar refractivity (Wildman–Crippen MR) is 234 cm³/mol. The van der Waals surface area contributed by atoms with Crippen LogP contribution in [0.25, 0.3) is 66.1 Å². The number of benzene rings is 6. The van der Waals surface area contributed by atoms with Crippen molar-refractivity contribution in [3.8, 4) is 22.5 Å². The zero-order chi connectivity index (χ0) is 36.1. The Balaban J connectivity index is 1.27. The van der Waals surface area contributed by atoms with E-state index in [4.69, 9.17) is 0 Å². The standard InChI is InChI=1S/C49H46Br2N2/c1-3-5-7-13-27-49(28-14-8-6-4-2)43-31-35(52-45-17-11-9-15-39(45)41-29-33(50)19-25-47(41)52)21-23-37(43)38-24-22-36(32-44(38)49)53-46-18-12-10-16-40(46)42-30-34(51)20-26-48(42)53/h9-12,15-26,29-32H,3-8,13-14,27-28H2,1-2H3. The van der Waals surface area contributed by atoms with Gasteiger partial charge in [-0.2, -0.15) is 0 Å². The molecule has 2 aromatic heterocycles. The summed E-state index contributed by atoms with van der Waals surface area (Å²) < 4.78 is 7.23. The maximum Gasteiger partial charge on any atom is 0.0541 e. The number of hydrogen-bond acceptors (Lipinski definition) is 0. The molecule has 0 radical (unpaired) electrons. The largest absolute Gasteiger partial charge is 0.309 e. The molecule has 0 atom stereocenters. The SMILES string of the molecule is CCCCCCC1(CCCCCC)c2cc(-n3c4ccccc4c4cc(Br)ccc43)ccc2-c2ccc(-n3c4ccccc4c4cc(Br)ccc43)cc21. The maximum atomic E-state index is 3.76. The molecule has 9 rings (SSSR count). The van der Waals surface area contributed by atoms with Gasteiger partial charge in [-0.15, -0.1) is 0 Å². The van der Waals surface area contributed by atoms with Gasteiger partial charge in [-0.05, 0) is 108 Å². The van der Waals surface area contributed by atoms with Crippen LogP contribution < -0.4 is 0 Å². The fraction of sp³-hybridized carbons (Fsp3) is 0.265. The first-order valence-corrected chi connectivity index (χ1v) is 21.3. The lowest BCUT2D eigenvalue weighted by Crippen LogP contribution is -2.26. The number of halogens is 2. The van der Waals surface area contributed by atoms with E-state index in [1.54, 1.807) is 0 Å². The van der Waals surface area contributed by atoms with Gasteiger partial charge in [0.15, 0.2) is 0 Å². The van der Waals surface area contributed by atoms with Gasteiger partial charge in [-0.25, -0.2) is 0 Å². The zero-order valence-corrected chi connectivity index (χ0v) is 33.9. The van der Waals surface area contributed by atoms with E-state index in [0.29, 0.717) is 0 Å². The van der Waals surface area contributed by atoms with E-state index in [1.807, 2.05) is 0 Å². The van der Waals surface area contributed by atoms with Gasteiger partial charge in [-0.1, -0.05) is 146 Å². The maximum absolute atomic E-state index is 3.76. The Labute approximate surface area is 330 Å². The molecule has 0 saturated heterocycles. The molecular weight excluding hydrogens is 776 g/mol. The van der Waals surface area contributed by atoms with E-state index < -0.39 is 0 Å². The second kappa shape index (κ2) is 14.3. The Morgan fingerprint density at radius 1 is 0.434 bits per heavy atom. The van der Waals surface area contributed by atoms with Crippen molar-refractivity contribution in [3.63, 3.8) is 0 Å². The average Bonchev–Trinajstić information content (AvgIpc) is 3.78. The number of fused-ring (bicyclic) bond motifs is 9. The number of hydrogen-bond donors (Lipinski definition) is 0. The topological polar surface area (TPSA) is 9.86 Å². The van der Waals surface area contributed by atoms with Crippen LogP contribution in [0.15, 0.2) is 130 Å². The monoisotopic (exact) mass is 820 g/mol. The molecule has 1 aliphatic rings. The van der Waals surface area contributed by atoms with Crippen molar-refractivity contribution >= 4 is 75.5 Å². The molecule has 0 saturated carbocycles. The number of para-hydroxylation sites is 2. The second-order valence-corrected chi connectivity index (χ2v) is 17.0. The highest BCUT2D eigenvalue weighted by Crippen LogP contribution is 2.55. The lowest BCUT2D eigenvalue weighted by Gasteiger charge is -2.33. The van der Waals surface area contributed by atoms with Crippen molar-refractivity contribution in [2.75, 3.05) is 0 Å². The third-order valence-electron chi connectivity index (χ3n) is 12.0. The quantitative estimate of drug-likeness (QED) is 0.109. The molecule has 0 unspecified atom stereocenters. The number of aromatic nitrogens is 2. The fourth-order valence-corrected chi connectivity index (χ4v) is 10.3. The van der Waals surface area contributed by atoms with E-state index >= 15 is 0 Å². The van der Waals surface area contributed by atoms with Crippen LogP contribution in [0.2, 0.25) is 0 Å². The van der Waals surface area contributed by atoms with Crippen LogP contribution in [0.5, 0.6) is 0 Å². The van der Waals surface area contributed by atoms with E-state index in [9.17, 15) is 0 Å². The van der Waals surface area contributed by atoms with Crippen LogP contribution in [0, 0.1) is 0 Å². The predicted octanol–water partition coefficient (Wildman–Crippen LogP) is 15.6. The smallest absolute Gasteiger partial charge is 0.0541 e. The number of nitrogens with zero attached hydrogens (tertiary/aromatic N) is 2. The number of rotatable bonds is 12. The van der Waals surface area contributed by atoms with Gasteiger partial charge < -0.3 is 9.13 Å². The molecule has 6 aromatic carbocycles. The molecular formula is C49H46Br2N2. The highest BCUT2D eigenvalue weighted by atomic mass is 79.9. The highest BCUT2D eigenvalue weighted by molar-refractivity contribution is 9.10. The van der Waals surface area contributed by atoms with Crippen LogP contribution >= 0.6 is 31.9 Å². The summed E-state index contributed by atoms with van der Waals surface area (Å²) in [6, 6.07) is 46.1. The molecule has 4 heteroatoms. The van der Waals surface area contributed by atoms with Gasteiger partial charge in [0.25, 0.3) is 0 Å². The van der Waals surface area contributed by atoms with E-state index in [1.165, 1.54) is 141 Å². The average molecular weight is 823 g/mol. The molecule has 8 aromatic rings. The van der Waals surface area contributed by atoms with Gasteiger partial charge in [-0.3, -0.25) is 0 Å². The summed E-state index contributed by atoms with van der Waals surface area (Å²) in [5.41, 5.74) is 13.3. The van der Waals surface area contributed by atoms with Crippen LogP contribution in [0.1, 0.15) is 89.2 Å². The van der Waals surface area contributed by atoms with Crippen molar-refractivity contribution in [2.24, 2.45) is 0 Å². The number of unbranched alkanes of at least 4 members (excludes halogenated alkanes) is 6. The fourth-order valence-electron chi connectivity index (χ4n) is 9.57. The van der Waals surface area contributed by atoms with Crippen LogP contribution in [0.3, 0.4) is 0 Å². The Morgan fingerprint density at radius 2 is 0.868 bits per heavy atom. The van der Waals surface area contributed by atoms with Crippen LogP contribution in [-0.2, 0) is 5.41 Å². The third kappa shape index (κ3) is 5.79. The minimum Gasteiger partial charge on any atom is -0.309 e. The van der Waals surface area contributed by atoms with Crippen molar-refractivity contribution < 1.29 is 0 Å². The molecule has 0 amide bonds. The van der Waals surface area contributed by atoms with Crippen LogP contribution in [-0.4, -0.2) is 9.13 Å². The Morgan fingerprint density at radius 3 is 1.32 bits per heavy atom. The first-order valence-electron chi connectivity index (χ1n) is 19.7. The van der Waals surface area contributed by atoms with Gasteiger partial charge in [0.2, 0.25) is 0 Å².